The summed E-state index contributed by atoms with van der Waals surface area (Å²) in [6.07, 6.45) is 5.83. The van der Waals surface area contributed by atoms with E-state index in [0.29, 0.717) is 11.9 Å². The van der Waals surface area contributed by atoms with Gasteiger partial charge in [-0.25, -0.2) is 19.9 Å². The van der Waals surface area contributed by atoms with Gasteiger partial charge in [0.25, 0.3) is 0 Å². The second-order valence-corrected chi connectivity index (χ2v) is 6.80. The standard InChI is InChI=1S/C21H23N5O/c1-14-13-21(24-16-9-11-27-12-10-16)26-20(22-14)8-7-17-15(2)23-18-5-3-4-6-19(18)25-17/h3-8,13,16H,9-12H2,1-2H3,(H,22,24,26)/b8-7+. The van der Waals surface area contributed by atoms with Crippen LogP contribution in [0.3, 0.4) is 0 Å². The molecule has 138 valence electrons. The van der Waals surface area contributed by atoms with Crippen LogP contribution in [0.25, 0.3) is 23.2 Å². The molecule has 1 fully saturated rings. The zero-order valence-electron chi connectivity index (χ0n) is 15.6. The molecule has 0 amide bonds. The zero-order valence-corrected chi connectivity index (χ0v) is 15.6. The van der Waals surface area contributed by atoms with E-state index in [9.17, 15) is 0 Å². The van der Waals surface area contributed by atoms with Gasteiger partial charge in [-0.1, -0.05) is 12.1 Å². The van der Waals surface area contributed by atoms with Crippen molar-refractivity contribution in [1.82, 2.24) is 19.9 Å². The molecule has 6 nitrogen and oxygen atoms in total. The number of benzene rings is 1. The van der Waals surface area contributed by atoms with E-state index in [2.05, 4.69) is 20.3 Å². The van der Waals surface area contributed by atoms with Crippen molar-refractivity contribution < 1.29 is 4.74 Å². The minimum Gasteiger partial charge on any atom is -0.381 e. The van der Waals surface area contributed by atoms with Gasteiger partial charge in [0, 0.05) is 31.0 Å². The Morgan fingerprint density at radius 3 is 2.48 bits per heavy atom. The van der Waals surface area contributed by atoms with Gasteiger partial charge in [-0.3, -0.25) is 0 Å². The number of fused-ring (bicyclic) bond motifs is 1. The number of hydrogen-bond acceptors (Lipinski definition) is 6. The summed E-state index contributed by atoms with van der Waals surface area (Å²) in [6, 6.07) is 10.3. The second-order valence-electron chi connectivity index (χ2n) is 6.80. The summed E-state index contributed by atoms with van der Waals surface area (Å²) in [6.45, 7) is 5.55. The molecule has 0 spiro atoms. The van der Waals surface area contributed by atoms with Crippen molar-refractivity contribution in [3.05, 3.63) is 53.2 Å². The molecule has 1 aliphatic rings. The van der Waals surface area contributed by atoms with Gasteiger partial charge in [0.15, 0.2) is 5.82 Å². The molecule has 0 saturated carbocycles. The molecule has 3 aromatic rings. The molecule has 1 N–H and O–H groups in total. The third-order valence-electron chi connectivity index (χ3n) is 4.62. The van der Waals surface area contributed by atoms with Crippen molar-refractivity contribution in [2.75, 3.05) is 18.5 Å². The predicted molar refractivity (Wildman–Crippen MR) is 107 cm³/mol. The summed E-state index contributed by atoms with van der Waals surface area (Å²) in [7, 11) is 0. The van der Waals surface area contributed by atoms with Crippen LogP contribution in [-0.4, -0.2) is 39.2 Å². The minimum atomic E-state index is 0.401. The fraction of sp³-hybridized carbons (Fsp3) is 0.333. The SMILES string of the molecule is Cc1cc(NC2CCOCC2)nc(/C=C/c2nc3ccccc3nc2C)n1. The lowest BCUT2D eigenvalue weighted by molar-refractivity contribution is 0.0904. The fourth-order valence-electron chi connectivity index (χ4n) is 3.20. The Morgan fingerprint density at radius 2 is 1.70 bits per heavy atom. The molecule has 1 aliphatic heterocycles. The first-order valence-corrected chi connectivity index (χ1v) is 9.29. The number of aromatic nitrogens is 4. The fourth-order valence-corrected chi connectivity index (χ4v) is 3.20. The van der Waals surface area contributed by atoms with Gasteiger partial charge in [0.1, 0.15) is 5.82 Å². The second kappa shape index (κ2) is 7.80. The van der Waals surface area contributed by atoms with E-state index in [-0.39, 0.29) is 0 Å². The Labute approximate surface area is 158 Å². The van der Waals surface area contributed by atoms with Crippen molar-refractivity contribution >= 4 is 29.0 Å². The van der Waals surface area contributed by atoms with Crippen molar-refractivity contribution in [3.63, 3.8) is 0 Å². The monoisotopic (exact) mass is 361 g/mol. The highest BCUT2D eigenvalue weighted by molar-refractivity contribution is 5.77. The molecule has 6 heteroatoms. The van der Waals surface area contributed by atoms with Gasteiger partial charge < -0.3 is 10.1 Å². The van der Waals surface area contributed by atoms with Gasteiger partial charge in [0.2, 0.25) is 0 Å². The number of rotatable bonds is 4. The van der Waals surface area contributed by atoms with Crippen LogP contribution in [0.1, 0.15) is 35.7 Å². The number of nitrogens with one attached hydrogen (secondary N) is 1. The summed E-state index contributed by atoms with van der Waals surface area (Å²) in [4.78, 5) is 18.5. The normalized spacial score (nSPS) is 15.5. The topological polar surface area (TPSA) is 72.8 Å². The lowest BCUT2D eigenvalue weighted by Crippen LogP contribution is -2.28. The lowest BCUT2D eigenvalue weighted by Gasteiger charge is -2.23. The summed E-state index contributed by atoms with van der Waals surface area (Å²) in [5.74, 6) is 1.52. The summed E-state index contributed by atoms with van der Waals surface area (Å²) >= 11 is 0. The molecule has 2 aromatic heterocycles. The number of para-hydroxylation sites is 2. The number of anilines is 1. The third kappa shape index (κ3) is 4.28. The first kappa shape index (κ1) is 17.5. The molecule has 3 heterocycles. The number of nitrogens with zero attached hydrogens (tertiary/aromatic N) is 4. The van der Waals surface area contributed by atoms with Gasteiger partial charge in [-0.05, 0) is 51.0 Å². The van der Waals surface area contributed by atoms with Crippen LogP contribution in [0.2, 0.25) is 0 Å². The molecule has 0 radical (unpaired) electrons. The van der Waals surface area contributed by atoms with Crippen LogP contribution in [-0.2, 0) is 4.74 Å². The van der Waals surface area contributed by atoms with Crippen LogP contribution in [0.5, 0.6) is 0 Å². The maximum Gasteiger partial charge on any atom is 0.154 e. The van der Waals surface area contributed by atoms with Crippen LogP contribution >= 0.6 is 0 Å². The highest BCUT2D eigenvalue weighted by atomic mass is 16.5. The highest BCUT2D eigenvalue weighted by Gasteiger charge is 2.14. The van der Waals surface area contributed by atoms with Gasteiger partial charge in [-0.2, -0.15) is 0 Å². The van der Waals surface area contributed by atoms with Crippen LogP contribution < -0.4 is 5.32 Å². The van der Waals surface area contributed by atoms with Crippen LogP contribution in [0.4, 0.5) is 5.82 Å². The first-order chi connectivity index (χ1) is 13.2. The number of aryl methyl sites for hydroxylation is 2. The summed E-state index contributed by atoms with van der Waals surface area (Å²) in [5, 5.41) is 3.50. The smallest absolute Gasteiger partial charge is 0.154 e. The van der Waals surface area contributed by atoms with E-state index in [1.54, 1.807) is 0 Å². The highest BCUT2D eigenvalue weighted by Crippen LogP contribution is 2.17. The van der Waals surface area contributed by atoms with Crippen molar-refractivity contribution in [2.45, 2.75) is 32.7 Å². The van der Waals surface area contributed by atoms with E-state index >= 15 is 0 Å². The largest absolute Gasteiger partial charge is 0.381 e. The quantitative estimate of drug-likeness (QED) is 0.762. The molecule has 0 aliphatic carbocycles. The molecular formula is C21H23N5O. The Kier molecular flexibility index (Phi) is 5.07. The van der Waals surface area contributed by atoms with Crippen molar-refractivity contribution in [2.24, 2.45) is 0 Å². The van der Waals surface area contributed by atoms with Gasteiger partial charge in [-0.15, -0.1) is 0 Å². The Bertz CT molecular complexity index is 979. The minimum absolute atomic E-state index is 0.401. The first-order valence-electron chi connectivity index (χ1n) is 9.29. The predicted octanol–water partition coefficient (Wildman–Crippen LogP) is 3.80. The molecule has 0 unspecified atom stereocenters. The molecule has 1 aromatic carbocycles. The molecular weight excluding hydrogens is 338 g/mol. The van der Waals surface area contributed by atoms with E-state index in [0.717, 1.165) is 60.0 Å². The zero-order chi connectivity index (χ0) is 18.6. The van der Waals surface area contributed by atoms with Crippen molar-refractivity contribution in [1.29, 1.82) is 0 Å². The third-order valence-corrected chi connectivity index (χ3v) is 4.62. The Hall–Kier alpha value is -2.86. The van der Waals surface area contributed by atoms with Gasteiger partial charge >= 0.3 is 0 Å². The van der Waals surface area contributed by atoms with E-state index in [1.807, 2.05) is 56.3 Å². The number of ether oxygens (including phenoxy) is 1. The van der Waals surface area contributed by atoms with Crippen LogP contribution in [0, 0.1) is 13.8 Å². The maximum absolute atomic E-state index is 5.42. The van der Waals surface area contributed by atoms with E-state index in [4.69, 9.17) is 9.72 Å². The lowest BCUT2D eigenvalue weighted by atomic mass is 10.1. The Morgan fingerprint density at radius 1 is 0.963 bits per heavy atom. The maximum atomic E-state index is 5.42. The van der Waals surface area contributed by atoms with E-state index in [1.165, 1.54) is 0 Å². The molecule has 0 bridgehead atoms. The average Bonchev–Trinajstić information content (AvgIpc) is 2.67. The van der Waals surface area contributed by atoms with E-state index < -0.39 is 0 Å². The Balaban J connectivity index is 1.57. The molecule has 27 heavy (non-hydrogen) atoms. The van der Waals surface area contributed by atoms with Gasteiger partial charge in [0.05, 0.1) is 22.4 Å². The molecule has 4 rings (SSSR count). The van der Waals surface area contributed by atoms with Crippen LogP contribution in [0.15, 0.2) is 30.3 Å². The number of hydrogen-bond donors (Lipinski definition) is 1. The summed E-state index contributed by atoms with van der Waals surface area (Å²) in [5.41, 5.74) is 4.44. The molecule has 1 saturated heterocycles. The summed E-state index contributed by atoms with van der Waals surface area (Å²) < 4.78 is 5.42. The average molecular weight is 361 g/mol. The molecule has 0 atom stereocenters. The van der Waals surface area contributed by atoms with Crippen molar-refractivity contribution in [3.8, 4) is 0 Å².